The van der Waals surface area contributed by atoms with Crippen LogP contribution in [0.15, 0.2) is 47.5 Å². The fourth-order valence-electron chi connectivity index (χ4n) is 8.40. The lowest BCUT2D eigenvalue weighted by Gasteiger charge is -2.55. The van der Waals surface area contributed by atoms with E-state index in [1.807, 2.05) is 52.0 Å². The fourth-order valence-corrected chi connectivity index (χ4v) is 8.40. The molecule has 1 saturated carbocycles. The average molecular weight is 555 g/mol. The van der Waals surface area contributed by atoms with E-state index in [-0.39, 0.29) is 12.2 Å². The first-order valence-electron chi connectivity index (χ1n) is 14.1. The molecule has 2 heterocycles. The zero-order chi connectivity index (χ0) is 29.7. The number of carbonyl (C=O) groups excluding carboxylic acids is 5. The van der Waals surface area contributed by atoms with E-state index in [0.717, 1.165) is 22.3 Å². The molecule has 8 heteroatoms. The highest BCUT2D eigenvalue weighted by Crippen LogP contribution is 2.69. The van der Waals surface area contributed by atoms with Gasteiger partial charge in [0.05, 0.1) is 41.7 Å². The van der Waals surface area contributed by atoms with E-state index < -0.39 is 64.6 Å². The Labute approximate surface area is 239 Å². The van der Waals surface area contributed by atoms with Crippen LogP contribution in [0, 0.1) is 62.7 Å². The SMILES string of the molecule is CCOC(=O)C1=C(C)C2[C@H]3C(=O)N(c4ccc(C)cc4C)C(=O)[C@@H]3C1(C)[C@H]1C(=O)N(c3ccc(C)cc3C)C(=O)[C@@H]21. The number of hydrogen-bond donors (Lipinski definition) is 0. The Morgan fingerprint density at radius 2 is 1.17 bits per heavy atom. The van der Waals surface area contributed by atoms with Crippen LogP contribution in [0.5, 0.6) is 0 Å². The molecule has 0 N–H and O–H groups in total. The molecule has 3 fully saturated rings. The Morgan fingerprint density at radius 3 is 1.56 bits per heavy atom. The number of imide groups is 2. The Morgan fingerprint density at radius 1 is 0.732 bits per heavy atom. The number of hydrogen-bond acceptors (Lipinski definition) is 6. The van der Waals surface area contributed by atoms with Crippen molar-refractivity contribution in [3.05, 3.63) is 69.8 Å². The smallest absolute Gasteiger partial charge is 0.334 e. The molecule has 6 atom stereocenters. The number of ether oxygens (including phenoxy) is 1. The van der Waals surface area contributed by atoms with Gasteiger partial charge in [-0.05, 0) is 64.8 Å². The van der Waals surface area contributed by atoms with Gasteiger partial charge in [0.2, 0.25) is 23.6 Å². The molecule has 8 nitrogen and oxygen atoms in total. The van der Waals surface area contributed by atoms with E-state index in [4.69, 9.17) is 4.74 Å². The number of amides is 4. The van der Waals surface area contributed by atoms with Gasteiger partial charge in [0.25, 0.3) is 0 Å². The zero-order valence-corrected chi connectivity index (χ0v) is 24.4. The van der Waals surface area contributed by atoms with E-state index in [1.54, 1.807) is 32.9 Å². The summed E-state index contributed by atoms with van der Waals surface area (Å²) in [5.74, 6) is -6.79. The Bertz CT molecular complexity index is 1520. The second-order valence-electron chi connectivity index (χ2n) is 12.2. The minimum atomic E-state index is -1.42. The number of benzene rings is 2. The maximum atomic E-state index is 14.4. The van der Waals surface area contributed by atoms with Crippen molar-refractivity contribution in [3.63, 3.8) is 0 Å². The molecule has 0 radical (unpaired) electrons. The predicted molar refractivity (Wildman–Crippen MR) is 152 cm³/mol. The van der Waals surface area contributed by atoms with E-state index in [2.05, 4.69) is 0 Å². The second-order valence-corrected chi connectivity index (χ2v) is 12.2. The van der Waals surface area contributed by atoms with Crippen LogP contribution < -0.4 is 9.80 Å². The first-order chi connectivity index (χ1) is 19.4. The molecule has 0 spiro atoms. The number of carbonyl (C=O) groups is 5. The fraction of sp³-hybridized carbons (Fsp3) is 0.424. The van der Waals surface area contributed by atoms with E-state index in [0.29, 0.717) is 16.9 Å². The molecular formula is C33H34N2O6. The van der Waals surface area contributed by atoms with Crippen LogP contribution in [0.25, 0.3) is 0 Å². The summed E-state index contributed by atoms with van der Waals surface area (Å²) in [5, 5.41) is 0. The second kappa shape index (κ2) is 8.96. The highest BCUT2D eigenvalue weighted by atomic mass is 16.5. The summed E-state index contributed by atoms with van der Waals surface area (Å²) in [4.78, 5) is 73.2. The molecule has 2 aromatic carbocycles. The van der Waals surface area contributed by atoms with Crippen molar-refractivity contribution in [1.82, 2.24) is 0 Å². The van der Waals surface area contributed by atoms with Crippen molar-refractivity contribution in [1.29, 1.82) is 0 Å². The molecule has 2 unspecified atom stereocenters. The molecule has 41 heavy (non-hydrogen) atoms. The van der Waals surface area contributed by atoms with Gasteiger partial charge in [-0.25, -0.2) is 14.6 Å². The van der Waals surface area contributed by atoms with Gasteiger partial charge in [-0.3, -0.25) is 19.2 Å². The van der Waals surface area contributed by atoms with E-state index in [1.165, 1.54) is 9.80 Å². The molecule has 4 amide bonds. The maximum absolute atomic E-state index is 14.4. The number of rotatable bonds is 4. The van der Waals surface area contributed by atoms with Gasteiger partial charge in [0, 0.05) is 16.9 Å². The van der Waals surface area contributed by atoms with Crippen LogP contribution in [-0.2, 0) is 28.7 Å². The summed E-state index contributed by atoms with van der Waals surface area (Å²) in [6.45, 7) is 12.8. The highest BCUT2D eigenvalue weighted by molar-refractivity contribution is 6.28. The van der Waals surface area contributed by atoms with Gasteiger partial charge in [-0.2, -0.15) is 0 Å². The molecule has 2 bridgehead atoms. The Hall–Kier alpha value is -4.07. The third kappa shape index (κ3) is 3.36. The lowest BCUT2D eigenvalue weighted by molar-refractivity contribution is -0.155. The minimum Gasteiger partial charge on any atom is -0.463 e. The van der Waals surface area contributed by atoms with Crippen LogP contribution in [0.3, 0.4) is 0 Å². The summed E-state index contributed by atoms with van der Waals surface area (Å²) in [5.41, 5.74) is 3.89. The van der Waals surface area contributed by atoms with Gasteiger partial charge in [0.1, 0.15) is 0 Å². The molecule has 0 aromatic heterocycles. The third-order valence-electron chi connectivity index (χ3n) is 9.87. The number of aryl methyl sites for hydroxylation is 4. The van der Waals surface area contributed by atoms with Crippen molar-refractivity contribution >= 4 is 41.0 Å². The summed E-state index contributed by atoms with van der Waals surface area (Å²) in [7, 11) is 0. The molecule has 7 rings (SSSR count). The number of anilines is 2. The highest BCUT2D eigenvalue weighted by Gasteiger charge is 2.77. The van der Waals surface area contributed by atoms with Crippen molar-refractivity contribution < 1.29 is 28.7 Å². The first kappa shape index (κ1) is 27.1. The summed E-state index contributed by atoms with van der Waals surface area (Å²) in [6, 6.07) is 11.0. The largest absolute Gasteiger partial charge is 0.463 e. The van der Waals surface area contributed by atoms with Crippen molar-refractivity contribution in [2.45, 2.75) is 48.5 Å². The molecule has 2 saturated heterocycles. The summed E-state index contributed by atoms with van der Waals surface area (Å²) in [6.07, 6.45) is 0. The van der Waals surface area contributed by atoms with Gasteiger partial charge in [-0.1, -0.05) is 47.9 Å². The van der Waals surface area contributed by atoms with Crippen LogP contribution >= 0.6 is 0 Å². The molecule has 2 aromatic rings. The normalized spacial score (nSPS) is 30.4. The molecule has 2 aliphatic heterocycles. The lowest BCUT2D eigenvalue weighted by Crippen LogP contribution is -2.61. The van der Waals surface area contributed by atoms with Gasteiger partial charge < -0.3 is 4.74 Å². The van der Waals surface area contributed by atoms with Crippen LogP contribution in [0.1, 0.15) is 43.0 Å². The van der Waals surface area contributed by atoms with Crippen LogP contribution in [0.4, 0.5) is 11.4 Å². The predicted octanol–water partition coefficient (Wildman–Crippen LogP) is 4.36. The first-order valence-corrected chi connectivity index (χ1v) is 14.1. The lowest BCUT2D eigenvalue weighted by atomic mass is 9.43. The number of nitrogens with zero attached hydrogens (tertiary/aromatic N) is 2. The summed E-state index contributed by atoms with van der Waals surface area (Å²) >= 11 is 0. The van der Waals surface area contributed by atoms with Gasteiger partial charge in [-0.15, -0.1) is 0 Å². The summed E-state index contributed by atoms with van der Waals surface area (Å²) < 4.78 is 5.46. The molecule has 3 aliphatic carbocycles. The van der Waals surface area contributed by atoms with Crippen molar-refractivity contribution in [2.24, 2.45) is 35.0 Å². The zero-order valence-electron chi connectivity index (χ0n) is 24.4. The molecular weight excluding hydrogens is 520 g/mol. The minimum absolute atomic E-state index is 0.113. The quantitative estimate of drug-likeness (QED) is 0.411. The standard InChI is InChI=1S/C33H34N2O6/c1-8-41-32(40)25-19(6)22-23-26(30(38)34(28(23)36)20-11-9-15(2)13-17(20)4)33(25,7)27-24(22)29(37)35(31(27)39)21-12-10-16(3)14-18(21)5/h9-14,22-24,26-27H,8H2,1-7H3/t22?,23-,24+,26-,27-,33?/m1/s1. The molecule has 5 aliphatic rings. The van der Waals surface area contributed by atoms with Gasteiger partial charge >= 0.3 is 5.97 Å². The van der Waals surface area contributed by atoms with Crippen molar-refractivity contribution in [2.75, 3.05) is 16.4 Å². The Kier molecular flexibility index (Phi) is 5.93. The average Bonchev–Trinajstić information content (AvgIpc) is 3.31. The maximum Gasteiger partial charge on any atom is 0.334 e. The number of esters is 1. The molecule has 212 valence electrons. The van der Waals surface area contributed by atoms with Crippen LogP contribution in [0.2, 0.25) is 0 Å². The van der Waals surface area contributed by atoms with Crippen LogP contribution in [-0.4, -0.2) is 36.2 Å². The number of allylic oxidation sites excluding steroid dienone is 1. The van der Waals surface area contributed by atoms with E-state index in [9.17, 15) is 24.0 Å². The van der Waals surface area contributed by atoms with Crippen molar-refractivity contribution in [3.8, 4) is 0 Å². The van der Waals surface area contributed by atoms with Gasteiger partial charge in [0.15, 0.2) is 0 Å². The third-order valence-corrected chi connectivity index (χ3v) is 9.87. The Balaban J connectivity index is 1.55. The van der Waals surface area contributed by atoms with E-state index >= 15 is 0 Å². The monoisotopic (exact) mass is 554 g/mol. The topological polar surface area (TPSA) is 101 Å².